The van der Waals surface area contributed by atoms with E-state index in [-0.39, 0.29) is 36.8 Å². The van der Waals surface area contributed by atoms with Crippen molar-refractivity contribution in [3.8, 4) is 5.75 Å². The predicted octanol–water partition coefficient (Wildman–Crippen LogP) is 5.03. The molecule has 0 aliphatic carbocycles. The number of amidine groups is 1. The summed E-state index contributed by atoms with van der Waals surface area (Å²) in [6.45, 7) is -0.375. The first kappa shape index (κ1) is 31.9. The molecule has 0 aromatic heterocycles. The van der Waals surface area contributed by atoms with Crippen LogP contribution in [0.15, 0.2) is 41.4 Å². The number of fused-ring (bicyclic) bond motifs is 1. The highest BCUT2D eigenvalue weighted by atomic mass is 31.2. The number of carboxylic acid groups (broad SMARTS) is 1. The number of aliphatic hydroxyl groups is 1. The normalized spacial score (nSPS) is 15.9. The van der Waals surface area contributed by atoms with E-state index in [2.05, 4.69) is 10.3 Å². The average molecular weight is 599 g/mol. The zero-order chi connectivity index (χ0) is 30.2. The Hall–Kier alpha value is -3.58. The molecule has 3 rings (SSSR count). The van der Waals surface area contributed by atoms with Crippen LogP contribution in [0.3, 0.4) is 0 Å². The number of hydrazine groups is 1. The highest BCUT2D eigenvalue weighted by molar-refractivity contribution is 7.48. The fourth-order valence-electron chi connectivity index (χ4n) is 4.51. The van der Waals surface area contributed by atoms with Crippen molar-refractivity contribution in [3.63, 3.8) is 0 Å². The second-order valence-electron chi connectivity index (χ2n) is 9.06. The number of rotatable bonds is 12. The molecule has 12 nitrogen and oxygen atoms in total. The maximum atomic E-state index is 14.1. The van der Waals surface area contributed by atoms with Crippen LogP contribution >= 0.6 is 7.82 Å². The molecule has 0 spiro atoms. The van der Waals surface area contributed by atoms with Gasteiger partial charge in [0.05, 0.1) is 6.54 Å². The van der Waals surface area contributed by atoms with E-state index in [9.17, 15) is 33.1 Å². The van der Waals surface area contributed by atoms with Crippen LogP contribution in [0.2, 0.25) is 0 Å². The van der Waals surface area contributed by atoms with Gasteiger partial charge in [-0.3, -0.25) is 14.1 Å². The molecule has 0 saturated heterocycles. The summed E-state index contributed by atoms with van der Waals surface area (Å²) in [6.07, 6.45) is 0.517. The van der Waals surface area contributed by atoms with Crippen molar-refractivity contribution < 1.29 is 46.7 Å². The van der Waals surface area contributed by atoms with Crippen LogP contribution in [0.1, 0.15) is 48.3 Å². The summed E-state index contributed by atoms with van der Waals surface area (Å²) in [5, 5.41) is 23.8. The van der Waals surface area contributed by atoms with Crippen LogP contribution < -0.4 is 9.84 Å². The number of phosphoric acid groups is 1. The Morgan fingerprint density at radius 2 is 1.85 bits per heavy atom. The zero-order valence-electron chi connectivity index (χ0n) is 22.9. The number of halogens is 2. The maximum Gasteiger partial charge on any atom is 0.529 e. The van der Waals surface area contributed by atoms with Crippen LogP contribution in [0.4, 0.5) is 18.4 Å². The zero-order valence-corrected chi connectivity index (χ0v) is 23.8. The van der Waals surface area contributed by atoms with Gasteiger partial charge >= 0.3 is 19.9 Å². The minimum atomic E-state index is -3.99. The summed E-state index contributed by atoms with van der Waals surface area (Å²) in [5.74, 6) is -2.77. The number of nitrogens with one attached hydrogen (secondary N) is 1. The van der Waals surface area contributed by atoms with Crippen LogP contribution in [-0.2, 0) is 26.7 Å². The molecule has 3 N–H and O–H groups in total. The number of unbranched alkanes of at least 4 members (excludes halogenated alkanes) is 2. The van der Waals surface area contributed by atoms with Gasteiger partial charge < -0.3 is 20.1 Å². The Morgan fingerprint density at radius 3 is 2.51 bits per heavy atom. The first-order valence-corrected chi connectivity index (χ1v) is 14.2. The number of aliphatic hydroxyl groups excluding tert-OH is 1. The smallest absolute Gasteiger partial charge is 0.463 e. The molecule has 0 radical (unpaired) electrons. The van der Waals surface area contributed by atoms with Crippen molar-refractivity contribution >= 4 is 25.8 Å². The molecule has 2 aromatic rings. The predicted molar refractivity (Wildman–Crippen MR) is 144 cm³/mol. The van der Waals surface area contributed by atoms with E-state index in [0.717, 1.165) is 25.3 Å². The fraction of sp³-hybridized carbons (Fsp3) is 0.423. The van der Waals surface area contributed by atoms with Crippen LogP contribution in [0.5, 0.6) is 5.75 Å². The third kappa shape index (κ3) is 7.79. The van der Waals surface area contributed by atoms with E-state index in [0.29, 0.717) is 36.8 Å². The molecular formula is C26H33F2N4O8P. The SMILES string of the molecule is COP(=O)(OC)Oc1cccc2c1C(CCCCCO)C(=NC(=O)O)N(N(C)C(=O)NCc1cccc(F)c1F)C2. The van der Waals surface area contributed by atoms with Gasteiger partial charge in [-0.05, 0) is 30.5 Å². The number of phosphoric ester groups is 1. The number of carbonyl (C=O) groups excluding carboxylic acids is 1. The minimum Gasteiger partial charge on any atom is -0.463 e. The number of urea groups is 1. The first-order chi connectivity index (χ1) is 19.5. The van der Waals surface area contributed by atoms with E-state index < -0.39 is 37.5 Å². The lowest BCUT2D eigenvalue weighted by Gasteiger charge is -2.42. The molecule has 1 atom stereocenters. The van der Waals surface area contributed by atoms with Gasteiger partial charge in [-0.25, -0.2) is 27.9 Å². The highest BCUT2D eigenvalue weighted by Gasteiger charge is 2.39. The monoisotopic (exact) mass is 598 g/mol. The summed E-state index contributed by atoms with van der Waals surface area (Å²) in [4.78, 5) is 28.8. The molecule has 0 bridgehead atoms. The number of aliphatic imine (C=N–C) groups is 1. The molecule has 41 heavy (non-hydrogen) atoms. The number of hydrogen-bond donors (Lipinski definition) is 3. The van der Waals surface area contributed by atoms with Crippen LogP contribution in [-0.4, -0.2) is 66.1 Å². The second-order valence-corrected chi connectivity index (χ2v) is 10.9. The van der Waals surface area contributed by atoms with Crippen LogP contribution in [0, 0.1) is 11.6 Å². The Labute approximate surface area is 236 Å². The summed E-state index contributed by atoms with van der Waals surface area (Å²) in [5.41, 5.74) is 1.05. The molecule has 2 aromatic carbocycles. The van der Waals surface area contributed by atoms with Gasteiger partial charge in [-0.2, -0.15) is 4.99 Å². The molecule has 0 saturated carbocycles. The van der Waals surface area contributed by atoms with Gasteiger partial charge in [0.25, 0.3) is 0 Å². The lowest BCUT2D eigenvalue weighted by molar-refractivity contribution is 0.0888. The number of nitrogens with zero attached hydrogens (tertiary/aromatic N) is 3. The van der Waals surface area contributed by atoms with Gasteiger partial charge in [0, 0.05) is 51.5 Å². The molecule has 3 amide bonds. The maximum absolute atomic E-state index is 14.1. The number of amides is 3. The molecule has 1 aliphatic heterocycles. The summed E-state index contributed by atoms with van der Waals surface area (Å²) in [7, 11) is -0.287. The van der Waals surface area contributed by atoms with Crippen molar-refractivity contribution in [2.45, 2.75) is 44.7 Å². The molecule has 1 heterocycles. The van der Waals surface area contributed by atoms with Crippen LogP contribution in [0.25, 0.3) is 0 Å². The van der Waals surface area contributed by atoms with Gasteiger partial charge in [-0.1, -0.05) is 37.1 Å². The number of benzene rings is 2. The van der Waals surface area contributed by atoms with E-state index in [1.165, 1.54) is 24.2 Å². The number of hydrogen-bond acceptors (Lipinski definition) is 7. The van der Waals surface area contributed by atoms with Crippen molar-refractivity contribution in [1.82, 2.24) is 15.3 Å². The Morgan fingerprint density at radius 1 is 1.15 bits per heavy atom. The molecular weight excluding hydrogens is 565 g/mol. The Bertz CT molecular complexity index is 1320. The first-order valence-electron chi connectivity index (χ1n) is 12.7. The molecule has 15 heteroatoms. The van der Waals surface area contributed by atoms with Gasteiger partial charge in [0.2, 0.25) is 0 Å². The second kappa shape index (κ2) is 14.4. The van der Waals surface area contributed by atoms with Crippen molar-refractivity contribution in [1.29, 1.82) is 0 Å². The highest BCUT2D eigenvalue weighted by Crippen LogP contribution is 2.51. The molecule has 1 unspecified atom stereocenters. The largest absolute Gasteiger partial charge is 0.529 e. The molecule has 1 aliphatic rings. The minimum absolute atomic E-state index is 0.00991. The van der Waals surface area contributed by atoms with Crippen molar-refractivity contribution in [3.05, 3.63) is 64.7 Å². The van der Waals surface area contributed by atoms with Crippen molar-refractivity contribution in [2.75, 3.05) is 27.9 Å². The third-order valence-electron chi connectivity index (χ3n) is 6.54. The van der Waals surface area contributed by atoms with E-state index in [1.807, 2.05) is 0 Å². The summed E-state index contributed by atoms with van der Waals surface area (Å²) in [6, 6.07) is 7.80. The van der Waals surface area contributed by atoms with E-state index in [1.54, 1.807) is 18.2 Å². The van der Waals surface area contributed by atoms with E-state index in [4.69, 9.17) is 13.6 Å². The topological polar surface area (TPSA) is 150 Å². The third-order valence-corrected chi connectivity index (χ3v) is 7.85. The standard InChI is InChI=1S/C26H33F2N4O8P/c1-31(25(34)29-15-17-9-7-12-20(27)23(17)28)32-16-18-10-8-13-21(40-41(37,38-2)39-3)22(18)19(11-5-4-6-14-33)24(32)30-26(35)36/h7-10,12-13,19,33H,4-6,11,14-16H2,1-3H3,(H,29,34)(H,35,36). The molecule has 0 fully saturated rings. The number of carbonyl (C=O) groups is 2. The van der Waals surface area contributed by atoms with Crippen molar-refractivity contribution in [2.24, 2.45) is 4.99 Å². The molecule has 224 valence electrons. The fourth-order valence-corrected chi connectivity index (χ4v) is 5.21. The lowest BCUT2D eigenvalue weighted by Crippen LogP contribution is -2.54. The Balaban J connectivity index is 2.01. The average Bonchev–Trinajstić information content (AvgIpc) is 2.95. The summed E-state index contributed by atoms with van der Waals surface area (Å²) >= 11 is 0. The lowest BCUT2D eigenvalue weighted by atomic mass is 9.84. The Kier molecular flexibility index (Phi) is 11.2. The van der Waals surface area contributed by atoms with Gasteiger partial charge in [0.1, 0.15) is 11.6 Å². The summed E-state index contributed by atoms with van der Waals surface area (Å²) < 4.78 is 56.1. The van der Waals surface area contributed by atoms with Gasteiger partial charge in [0.15, 0.2) is 11.6 Å². The quantitative estimate of drug-likeness (QED) is 0.226. The van der Waals surface area contributed by atoms with E-state index >= 15 is 0 Å². The van der Waals surface area contributed by atoms with Gasteiger partial charge in [-0.15, -0.1) is 0 Å².